The van der Waals surface area contributed by atoms with E-state index in [2.05, 4.69) is 13.0 Å². The predicted molar refractivity (Wildman–Crippen MR) is 65.8 cm³/mol. The van der Waals surface area contributed by atoms with Gasteiger partial charge in [0.15, 0.2) is 0 Å². The van der Waals surface area contributed by atoms with E-state index in [9.17, 15) is 0 Å². The molecule has 0 spiro atoms. The number of hydrogen-bond donors (Lipinski definition) is 1. The molecule has 0 bridgehead atoms. The van der Waals surface area contributed by atoms with Crippen molar-refractivity contribution in [1.29, 1.82) is 0 Å². The van der Waals surface area contributed by atoms with Crippen LogP contribution in [0.4, 0.5) is 0 Å². The molecule has 2 N–H and O–H groups in total. The molecule has 1 aromatic carbocycles. The Hall–Kier alpha value is -1.06. The van der Waals surface area contributed by atoms with Crippen molar-refractivity contribution in [3.63, 3.8) is 0 Å². The Balaban J connectivity index is 2.05. The van der Waals surface area contributed by atoms with Gasteiger partial charge in [0.1, 0.15) is 5.75 Å². The number of unbranched alkanes of at least 4 members (excludes halogenated alkanes) is 1. The maximum atomic E-state index is 5.66. The molecule has 16 heavy (non-hydrogen) atoms. The van der Waals surface area contributed by atoms with Gasteiger partial charge < -0.3 is 15.2 Å². The summed E-state index contributed by atoms with van der Waals surface area (Å²) >= 11 is 0. The summed E-state index contributed by atoms with van der Waals surface area (Å²) in [5.74, 6) is 0.977. The van der Waals surface area contributed by atoms with E-state index in [0.717, 1.165) is 31.8 Å². The molecule has 0 aliphatic carbocycles. The maximum absolute atomic E-state index is 5.66. The fourth-order valence-electron chi connectivity index (χ4n) is 1.39. The molecular formula is C13H21NO2. The van der Waals surface area contributed by atoms with E-state index in [1.54, 1.807) is 0 Å². The fraction of sp³-hybridized carbons (Fsp3) is 0.538. The van der Waals surface area contributed by atoms with Gasteiger partial charge in [-0.1, -0.05) is 18.2 Å². The monoisotopic (exact) mass is 223 g/mol. The van der Waals surface area contributed by atoms with Gasteiger partial charge in [0.05, 0.1) is 13.2 Å². The molecule has 0 heterocycles. The van der Waals surface area contributed by atoms with Crippen LogP contribution in [0.15, 0.2) is 24.3 Å². The van der Waals surface area contributed by atoms with E-state index >= 15 is 0 Å². The SMILES string of the molecule is Cc1ccccc1OCCCCOCCN. The van der Waals surface area contributed by atoms with E-state index < -0.39 is 0 Å². The topological polar surface area (TPSA) is 44.5 Å². The van der Waals surface area contributed by atoms with Gasteiger partial charge in [0, 0.05) is 13.2 Å². The molecule has 0 saturated heterocycles. The summed E-state index contributed by atoms with van der Waals surface area (Å²) < 4.78 is 10.9. The molecule has 0 aliphatic rings. The van der Waals surface area contributed by atoms with Crippen molar-refractivity contribution in [3.05, 3.63) is 29.8 Å². The van der Waals surface area contributed by atoms with Crippen LogP contribution in [0.25, 0.3) is 0 Å². The average Bonchev–Trinajstić information content (AvgIpc) is 2.30. The Kier molecular flexibility index (Phi) is 6.61. The third kappa shape index (κ3) is 5.14. The summed E-state index contributed by atoms with van der Waals surface area (Å²) in [4.78, 5) is 0. The summed E-state index contributed by atoms with van der Waals surface area (Å²) in [6, 6.07) is 8.06. The zero-order valence-corrected chi connectivity index (χ0v) is 9.95. The quantitative estimate of drug-likeness (QED) is 0.687. The first-order chi connectivity index (χ1) is 7.84. The number of rotatable bonds is 8. The van der Waals surface area contributed by atoms with Crippen LogP contribution in [0.1, 0.15) is 18.4 Å². The van der Waals surface area contributed by atoms with Crippen LogP contribution in [0, 0.1) is 6.92 Å². The van der Waals surface area contributed by atoms with Gasteiger partial charge in [-0.25, -0.2) is 0 Å². The molecule has 1 aromatic rings. The van der Waals surface area contributed by atoms with E-state index in [4.69, 9.17) is 15.2 Å². The van der Waals surface area contributed by atoms with E-state index in [1.807, 2.05) is 18.2 Å². The molecule has 90 valence electrons. The molecule has 0 aliphatic heterocycles. The lowest BCUT2D eigenvalue weighted by atomic mass is 10.2. The van der Waals surface area contributed by atoms with Gasteiger partial charge in [-0.15, -0.1) is 0 Å². The molecule has 0 aromatic heterocycles. The van der Waals surface area contributed by atoms with Gasteiger partial charge in [-0.3, -0.25) is 0 Å². The number of ether oxygens (including phenoxy) is 2. The lowest BCUT2D eigenvalue weighted by molar-refractivity contribution is 0.133. The highest BCUT2D eigenvalue weighted by molar-refractivity contribution is 5.31. The maximum Gasteiger partial charge on any atom is 0.122 e. The van der Waals surface area contributed by atoms with Crippen molar-refractivity contribution >= 4 is 0 Å². The van der Waals surface area contributed by atoms with Crippen LogP contribution < -0.4 is 10.5 Å². The average molecular weight is 223 g/mol. The van der Waals surface area contributed by atoms with Crippen molar-refractivity contribution in [2.45, 2.75) is 19.8 Å². The minimum Gasteiger partial charge on any atom is -0.493 e. The molecular weight excluding hydrogens is 202 g/mol. The lowest BCUT2D eigenvalue weighted by Crippen LogP contribution is -2.09. The largest absolute Gasteiger partial charge is 0.493 e. The molecule has 0 saturated carbocycles. The van der Waals surface area contributed by atoms with E-state index in [1.165, 1.54) is 5.56 Å². The smallest absolute Gasteiger partial charge is 0.122 e. The molecule has 0 unspecified atom stereocenters. The summed E-state index contributed by atoms with van der Waals surface area (Å²) in [7, 11) is 0. The first kappa shape index (κ1) is 13.0. The minimum atomic E-state index is 0.597. The van der Waals surface area contributed by atoms with E-state index in [-0.39, 0.29) is 0 Å². The first-order valence-corrected chi connectivity index (χ1v) is 5.81. The number of hydrogen-bond acceptors (Lipinski definition) is 3. The molecule has 0 atom stereocenters. The molecule has 3 heteroatoms. The second-order valence-corrected chi connectivity index (χ2v) is 3.72. The van der Waals surface area contributed by atoms with E-state index in [0.29, 0.717) is 13.2 Å². The Morgan fingerprint density at radius 2 is 1.81 bits per heavy atom. The van der Waals surface area contributed by atoms with Crippen LogP contribution in [-0.2, 0) is 4.74 Å². The highest BCUT2D eigenvalue weighted by atomic mass is 16.5. The molecule has 3 nitrogen and oxygen atoms in total. The second-order valence-electron chi connectivity index (χ2n) is 3.72. The Labute approximate surface area is 97.6 Å². The summed E-state index contributed by atoms with van der Waals surface area (Å²) in [6.45, 7) is 4.82. The minimum absolute atomic E-state index is 0.597. The third-order valence-electron chi connectivity index (χ3n) is 2.30. The highest BCUT2D eigenvalue weighted by Gasteiger charge is 1.96. The Bertz CT molecular complexity index is 289. The van der Waals surface area contributed by atoms with Gasteiger partial charge in [-0.05, 0) is 31.4 Å². The molecule has 0 amide bonds. The summed E-state index contributed by atoms with van der Waals surface area (Å²) in [5, 5.41) is 0. The van der Waals surface area contributed by atoms with Crippen LogP contribution in [-0.4, -0.2) is 26.4 Å². The van der Waals surface area contributed by atoms with Crippen LogP contribution in [0.3, 0.4) is 0 Å². The third-order valence-corrected chi connectivity index (χ3v) is 2.30. The first-order valence-electron chi connectivity index (χ1n) is 5.81. The van der Waals surface area contributed by atoms with Crippen molar-refractivity contribution in [1.82, 2.24) is 0 Å². The summed E-state index contributed by atoms with van der Waals surface area (Å²) in [5.41, 5.74) is 6.49. The summed E-state index contributed by atoms with van der Waals surface area (Å²) in [6.07, 6.45) is 2.03. The Morgan fingerprint density at radius 1 is 1.06 bits per heavy atom. The van der Waals surface area contributed by atoms with Crippen LogP contribution >= 0.6 is 0 Å². The van der Waals surface area contributed by atoms with Crippen molar-refractivity contribution in [2.75, 3.05) is 26.4 Å². The van der Waals surface area contributed by atoms with Crippen LogP contribution in [0.5, 0.6) is 5.75 Å². The van der Waals surface area contributed by atoms with Crippen molar-refractivity contribution in [2.24, 2.45) is 5.73 Å². The predicted octanol–water partition coefficient (Wildman–Crippen LogP) is 2.13. The number of aryl methyl sites for hydroxylation is 1. The lowest BCUT2D eigenvalue weighted by Gasteiger charge is -2.08. The van der Waals surface area contributed by atoms with Gasteiger partial charge in [0.25, 0.3) is 0 Å². The zero-order chi connectivity index (χ0) is 11.6. The van der Waals surface area contributed by atoms with Gasteiger partial charge in [0.2, 0.25) is 0 Å². The van der Waals surface area contributed by atoms with Gasteiger partial charge >= 0.3 is 0 Å². The highest BCUT2D eigenvalue weighted by Crippen LogP contribution is 2.16. The molecule has 1 rings (SSSR count). The Morgan fingerprint density at radius 3 is 2.56 bits per heavy atom. The van der Waals surface area contributed by atoms with Crippen LogP contribution in [0.2, 0.25) is 0 Å². The van der Waals surface area contributed by atoms with Crippen molar-refractivity contribution in [3.8, 4) is 5.75 Å². The number of benzene rings is 1. The number of para-hydroxylation sites is 1. The van der Waals surface area contributed by atoms with Crippen molar-refractivity contribution < 1.29 is 9.47 Å². The second kappa shape index (κ2) is 8.13. The molecule has 0 fully saturated rings. The zero-order valence-electron chi connectivity index (χ0n) is 9.95. The molecule has 0 radical (unpaired) electrons. The standard InChI is InChI=1S/C13H21NO2/c1-12-6-2-3-7-13(12)16-10-5-4-9-15-11-8-14/h2-3,6-7H,4-5,8-11,14H2,1H3. The number of nitrogens with two attached hydrogens (primary N) is 1. The fourth-order valence-corrected chi connectivity index (χ4v) is 1.39. The van der Waals surface area contributed by atoms with Gasteiger partial charge in [-0.2, -0.15) is 0 Å². The normalized spacial score (nSPS) is 10.4.